The van der Waals surface area contributed by atoms with Gasteiger partial charge in [0.05, 0.1) is 13.1 Å². The molecule has 2 heterocycles. The van der Waals surface area contributed by atoms with Crippen LogP contribution in [0.1, 0.15) is 24.8 Å². The van der Waals surface area contributed by atoms with E-state index >= 15 is 0 Å². The number of hydrogen-bond donors (Lipinski definition) is 0. The van der Waals surface area contributed by atoms with Crippen molar-refractivity contribution in [2.24, 2.45) is 0 Å². The monoisotopic (exact) mass is 438 g/mol. The summed E-state index contributed by atoms with van der Waals surface area (Å²) in [7, 11) is 0. The Morgan fingerprint density at radius 1 is 0.871 bits per heavy atom. The third kappa shape index (κ3) is 4.41. The molecule has 1 fully saturated rings. The fourth-order valence-electron chi connectivity index (χ4n) is 4.80. The second-order valence-corrected chi connectivity index (χ2v) is 9.04. The number of hydrogen-bond acceptors (Lipinski definition) is 2. The Kier molecular flexibility index (Phi) is 5.59. The maximum atomic E-state index is 13.3. The molecule has 1 aliphatic rings. The molecule has 0 aliphatic carbocycles. The largest absolute Gasteiger partial charge is 0.488 e. The van der Waals surface area contributed by atoms with E-state index in [1.54, 1.807) is 12.1 Å². The Morgan fingerprint density at radius 3 is 2.35 bits per heavy atom. The first-order valence-electron chi connectivity index (χ1n) is 10.9. The van der Waals surface area contributed by atoms with Gasteiger partial charge in [0.2, 0.25) is 0 Å². The molecule has 0 atom stereocenters. The lowest BCUT2D eigenvalue weighted by atomic mass is 10.1. The van der Waals surface area contributed by atoms with Crippen molar-refractivity contribution in [2.75, 3.05) is 26.2 Å². The van der Waals surface area contributed by atoms with E-state index in [9.17, 15) is 4.39 Å². The number of halogens is 2. The lowest BCUT2D eigenvalue weighted by Gasteiger charge is -2.41. The summed E-state index contributed by atoms with van der Waals surface area (Å²) in [5, 5.41) is 2.79. The average molecular weight is 439 g/mol. The molecular weight excluding hydrogens is 413 g/mol. The molecule has 0 saturated carbocycles. The Balaban J connectivity index is 1.30. The molecule has 3 aromatic carbocycles. The van der Waals surface area contributed by atoms with E-state index in [4.69, 9.17) is 20.8 Å². The molecule has 1 aromatic heterocycles. The van der Waals surface area contributed by atoms with Gasteiger partial charge in [-0.1, -0.05) is 23.7 Å². The number of fused-ring (bicyclic) bond motifs is 3. The number of furan rings is 1. The van der Waals surface area contributed by atoms with Crippen molar-refractivity contribution in [3.05, 3.63) is 77.1 Å². The fraction of sp³-hybridized carbons (Fsp3) is 0.308. The van der Waals surface area contributed by atoms with E-state index in [-0.39, 0.29) is 5.82 Å². The van der Waals surface area contributed by atoms with Gasteiger partial charge in [-0.2, -0.15) is 0 Å². The molecule has 4 aromatic rings. The molecule has 5 rings (SSSR count). The molecular formula is C26H26ClFNO2+. The van der Waals surface area contributed by atoms with E-state index in [0.717, 1.165) is 58.4 Å². The first-order valence-corrected chi connectivity index (χ1v) is 11.3. The molecule has 1 aliphatic heterocycles. The highest BCUT2D eigenvalue weighted by Crippen LogP contribution is 2.33. The van der Waals surface area contributed by atoms with Crippen LogP contribution < -0.4 is 4.74 Å². The lowest BCUT2D eigenvalue weighted by molar-refractivity contribution is -0.945. The van der Waals surface area contributed by atoms with E-state index in [1.165, 1.54) is 24.8 Å². The van der Waals surface area contributed by atoms with Gasteiger partial charge in [-0.15, -0.1) is 0 Å². The van der Waals surface area contributed by atoms with Crippen molar-refractivity contribution in [3.8, 4) is 5.75 Å². The normalized spacial score (nSPS) is 16.1. The molecule has 3 nitrogen and oxygen atoms in total. The lowest BCUT2D eigenvalue weighted by Crippen LogP contribution is -2.52. The fourth-order valence-corrected chi connectivity index (χ4v) is 4.96. The van der Waals surface area contributed by atoms with Gasteiger partial charge in [0, 0.05) is 33.5 Å². The topological polar surface area (TPSA) is 22.4 Å². The molecule has 0 bridgehead atoms. The molecule has 0 radical (unpaired) electrons. The number of ether oxygens (including phenoxy) is 1. The van der Waals surface area contributed by atoms with Crippen molar-refractivity contribution in [1.29, 1.82) is 0 Å². The third-order valence-corrected chi connectivity index (χ3v) is 6.67. The molecule has 0 spiro atoms. The summed E-state index contributed by atoms with van der Waals surface area (Å²) in [6.07, 6.45) is 3.75. The Bertz CT molecular complexity index is 1200. The Morgan fingerprint density at radius 2 is 1.58 bits per heavy atom. The van der Waals surface area contributed by atoms with Crippen LogP contribution in [0.25, 0.3) is 21.9 Å². The van der Waals surface area contributed by atoms with Crippen molar-refractivity contribution in [3.63, 3.8) is 0 Å². The molecule has 1 saturated heterocycles. The van der Waals surface area contributed by atoms with Crippen molar-refractivity contribution < 1.29 is 18.0 Å². The Labute approximate surface area is 186 Å². The number of quaternary nitrogens is 1. The minimum Gasteiger partial charge on any atom is -0.488 e. The second-order valence-electron chi connectivity index (χ2n) is 8.61. The summed E-state index contributed by atoms with van der Waals surface area (Å²) in [5.41, 5.74) is 2.78. The van der Waals surface area contributed by atoms with Crippen LogP contribution in [0.5, 0.6) is 5.75 Å². The maximum Gasteiger partial charge on any atom is 0.139 e. The van der Waals surface area contributed by atoms with Crippen LogP contribution in [0.2, 0.25) is 5.02 Å². The third-order valence-electron chi connectivity index (χ3n) is 6.44. The minimum atomic E-state index is -0.180. The predicted octanol–water partition coefficient (Wildman–Crippen LogP) is 6.96. The number of nitrogens with zero attached hydrogens (tertiary/aromatic N) is 1. The molecule has 0 amide bonds. The number of piperidine rings is 1. The van der Waals surface area contributed by atoms with Gasteiger partial charge in [-0.25, -0.2) is 4.39 Å². The van der Waals surface area contributed by atoms with E-state index < -0.39 is 0 Å². The summed E-state index contributed by atoms with van der Waals surface area (Å²) in [6, 6.07) is 18.7. The van der Waals surface area contributed by atoms with Gasteiger partial charge in [-0.05, 0) is 55.7 Å². The summed E-state index contributed by atoms with van der Waals surface area (Å²) in [5.74, 6) is 0.634. The van der Waals surface area contributed by atoms with Crippen LogP contribution in [0.3, 0.4) is 0 Å². The molecule has 5 heteroatoms. The second kappa shape index (κ2) is 8.52. The van der Waals surface area contributed by atoms with Gasteiger partial charge in [0.15, 0.2) is 0 Å². The van der Waals surface area contributed by atoms with Gasteiger partial charge in [-0.3, -0.25) is 0 Å². The van der Waals surface area contributed by atoms with Crippen molar-refractivity contribution in [2.45, 2.75) is 25.8 Å². The van der Waals surface area contributed by atoms with Crippen LogP contribution in [0.4, 0.5) is 4.39 Å². The maximum absolute atomic E-state index is 13.3. The highest BCUT2D eigenvalue weighted by molar-refractivity contribution is 6.31. The average Bonchev–Trinajstić information content (AvgIpc) is 3.12. The first-order chi connectivity index (χ1) is 15.1. The standard InChI is InChI=1S/C26H26ClFNO2/c27-20-6-10-23-24-11-9-22(17-26(24)31-25(23)16-20)30-15-14-29(12-2-1-3-13-29)18-19-4-7-21(28)8-5-19/h4-11,16-17H,1-3,12-15,18H2/q+1. The molecule has 0 unspecified atom stereocenters. The van der Waals surface area contributed by atoms with Crippen LogP contribution in [-0.4, -0.2) is 30.7 Å². The molecule has 160 valence electrons. The molecule has 31 heavy (non-hydrogen) atoms. The van der Waals surface area contributed by atoms with Crippen LogP contribution in [-0.2, 0) is 6.54 Å². The van der Waals surface area contributed by atoms with Gasteiger partial charge < -0.3 is 13.6 Å². The smallest absolute Gasteiger partial charge is 0.139 e. The van der Waals surface area contributed by atoms with Crippen molar-refractivity contribution >= 4 is 33.5 Å². The van der Waals surface area contributed by atoms with Gasteiger partial charge >= 0.3 is 0 Å². The van der Waals surface area contributed by atoms with Gasteiger partial charge in [0.25, 0.3) is 0 Å². The number of benzene rings is 3. The van der Waals surface area contributed by atoms with Crippen LogP contribution in [0, 0.1) is 5.82 Å². The van der Waals surface area contributed by atoms with Crippen molar-refractivity contribution in [1.82, 2.24) is 0 Å². The van der Waals surface area contributed by atoms with E-state index in [0.29, 0.717) is 11.6 Å². The van der Waals surface area contributed by atoms with E-state index in [1.807, 2.05) is 48.5 Å². The zero-order valence-corrected chi connectivity index (χ0v) is 18.2. The first kappa shape index (κ1) is 20.3. The van der Waals surface area contributed by atoms with Gasteiger partial charge in [0.1, 0.15) is 42.4 Å². The quantitative estimate of drug-likeness (QED) is 0.303. The predicted molar refractivity (Wildman–Crippen MR) is 123 cm³/mol. The summed E-state index contributed by atoms with van der Waals surface area (Å²) < 4.78 is 26.4. The molecule has 0 N–H and O–H groups in total. The summed E-state index contributed by atoms with van der Waals surface area (Å²) in [6.45, 7) is 4.78. The highest BCUT2D eigenvalue weighted by Gasteiger charge is 2.30. The highest BCUT2D eigenvalue weighted by atomic mass is 35.5. The number of likely N-dealkylation sites (tertiary alicyclic amines) is 1. The van der Waals surface area contributed by atoms with E-state index in [2.05, 4.69) is 0 Å². The summed E-state index contributed by atoms with van der Waals surface area (Å²) >= 11 is 6.09. The van der Waals surface area contributed by atoms with Crippen LogP contribution in [0.15, 0.2) is 65.1 Å². The Hall–Kier alpha value is -2.56. The number of rotatable bonds is 6. The zero-order chi connectivity index (χ0) is 21.3. The minimum absolute atomic E-state index is 0.180. The SMILES string of the molecule is Fc1ccc(C[N+]2(CCOc3ccc4c(c3)oc3cc(Cl)ccc34)CCCCC2)cc1. The summed E-state index contributed by atoms with van der Waals surface area (Å²) in [4.78, 5) is 0. The zero-order valence-electron chi connectivity index (χ0n) is 17.4. The van der Waals surface area contributed by atoms with Crippen LogP contribution >= 0.6 is 11.6 Å².